The molecule has 4 rings (SSSR count). The third kappa shape index (κ3) is 5.09. The number of nitrogens with zero attached hydrogens (tertiary/aromatic N) is 2. The van der Waals surface area contributed by atoms with Crippen molar-refractivity contribution in [1.82, 2.24) is 14.9 Å². The second-order valence-corrected chi connectivity index (χ2v) is 7.73. The monoisotopic (exact) mass is 466 g/mol. The Balaban J connectivity index is 1.58. The number of benzene rings is 3. The van der Waals surface area contributed by atoms with Gasteiger partial charge in [0.2, 0.25) is 5.91 Å². The summed E-state index contributed by atoms with van der Waals surface area (Å²) < 4.78 is 40.6. The van der Waals surface area contributed by atoms with Crippen LogP contribution in [0.25, 0.3) is 11.0 Å². The van der Waals surface area contributed by atoms with Crippen LogP contribution in [0.15, 0.2) is 78.9 Å². The van der Waals surface area contributed by atoms with Crippen LogP contribution in [0, 0.1) is 0 Å². The van der Waals surface area contributed by atoms with Crippen LogP contribution < -0.4 is 10.6 Å². The van der Waals surface area contributed by atoms with Crippen LogP contribution in [0.1, 0.15) is 34.7 Å². The predicted molar refractivity (Wildman–Crippen MR) is 122 cm³/mol. The zero-order valence-electron chi connectivity index (χ0n) is 18.1. The molecule has 0 radical (unpaired) electrons. The van der Waals surface area contributed by atoms with Gasteiger partial charge < -0.3 is 15.2 Å². The van der Waals surface area contributed by atoms with E-state index in [1.807, 2.05) is 6.07 Å². The molecule has 0 saturated heterocycles. The molecule has 0 fully saturated rings. The molecule has 174 valence electrons. The average molecular weight is 466 g/mol. The van der Waals surface area contributed by atoms with E-state index >= 15 is 0 Å². The predicted octanol–water partition coefficient (Wildman–Crippen LogP) is 5.18. The second kappa shape index (κ2) is 9.38. The normalized spacial score (nSPS) is 12.4. The maximum atomic E-state index is 13.0. The van der Waals surface area contributed by atoms with Crippen molar-refractivity contribution in [2.24, 2.45) is 0 Å². The quantitative estimate of drug-likeness (QED) is 0.411. The number of aromatic nitrogens is 2. The Kier molecular flexibility index (Phi) is 6.36. The van der Waals surface area contributed by atoms with E-state index < -0.39 is 23.7 Å². The number of hydrogen-bond acceptors (Lipinski definition) is 3. The Morgan fingerprint density at radius 1 is 0.971 bits per heavy atom. The molecule has 9 heteroatoms. The molecule has 4 aromatic rings. The fourth-order valence-corrected chi connectivity index (χ4v) is 3.64. The average Bonchev–Trinajstić information content (AvgIpc) is 3.17. The van der Waals surface area contributed by atoms with Crippen LogP contribution in [0.4, 0.5) is 18.9 Å². The van der Waals surface area contributed by atoms with E-state index in [4.69, 9.17) is 0 Å². The van der Waals surface area contributed by atoms with Crippen molar-refractivity contribution < 1.29 is 22.8 Å². The van der Waals surface area contributed by atoms with Gasteiger partial charge in [-0.25, -0.2) is 4.98 Å². The fraction of sp³-hybridized carbons (Fsp3) is 0.160. The van der Waals surface area contributed by atoms with Gasteiger partial charge in [-0.3, -0.25) is 9.59 Å². The first kappa shape index (κ1) is 23.0. The van der Waals surface area contributed by atoms with Gasteiger partial charge in [-0.15, -0.1) is 0 Å². The molecule has 1 heterocycles. The highest BCUT2D eigenvalue weighted by Crippen LogP contribution is 2.30. The number of halogens is 3. The Labute approximate surface area is 193 Å². The van der Waals surface area contributed by atoms with Crippen molar-refractivity contribution in [2.45, 2.75) is 25.7 Å². The van der Waals surface area contributed by atoms with Gasteiger partial charge in [-0.05, 0) is 49.4 Å². The molecule has 0 spiro atoms. The lowest BCUT2D eigenvalue weighted by atomic mass is 10.2. The molecular weight excluding hydrogens is 445 g/mol. The van der Waals surface area contributed by atoms with E-state index in [0.717, 1.165) is 12.1 Å². The van der Waals surface area contributed by atoms with E-state index in [1.165, 1.54) is 12.1 Å². The van der Waals surface area contributed by atoms with Gasteiger partial charge in [0.1, 0.15) is 12.4 Å². The Hall–Kier alpha value is -4.14. The van der Waals surface area contributed by atoms with E-state index in [9.17, 15) is 22.8 Å². The highest BCUT2D eigenvalue weighted by atomic mass is 19.4. The number of anilines is 1. The van der Waals surface area contributed by atoms with Crippen molar-refractivity contribution >= 4 is 28.5 Å². The molecule has 6 nitrogen and oxygen atoms in total. The molecule has 34 heavy (non-hydrogen) atoms. The standard InChI is InChI=1S/C25H21F3N4O2/c1-16(29-24(34)17-8-3-2-4-9-17)23-31-20-12-5-6-13-21(20)32(23)15-22(33)30-19-11-7-10-18(14-19)25(26,27)28/h2-14,16H,15H2,1H3,(H,29,34)(H,30,33). The third-order valence-electron chi connectivity index (χ3n) is 5.23. The second-order valence-electron chi connectivity index (χ2n) is 7.73. The molecule has 2 amide bonds. The van der Waals surface area contributed by atoms with Crippen molar-refractivity contribution in [1.29, 1.82) is 0 Å². The van der Waals surface area contributed by atoms with Gasteiger partial charge >= 0.3 is 6.18 Å². The SMILES string of the molecule is CC(NC(=O)c1ccccc1)c1nc2ccccc2n1CC(=O)Nc1cccc(C(F)(F)F)c1. The zero-order chi connectivity index (χ0) is 24.3. The number of rotatable bonds is 6. The van der Waals surface area contributed by atoms with E-state index in [-0.39, 0.29) is 18.1 Å². The molecule has 0 saturated carbocycles. The van der Waals surface area contributed by atoms with Gasteiger partial charge in [0.05, 0.1) is 22.6 Å². The summed E-state index contributed by atoms with van der Waals surface area (Å²) in [5.74, 6) is -0.366. The Bertz CT molecular complexity index is 1330. The van der Waals surface area contributed by atoms with Crippen LogP contribution in [0.2, 0.25) is 0 Å². The van der Waals surface area contributed by atoms with Crippen molar-refractivity contribution in [2.75, 3.05) is 5.32 Å². The summed E-state index contributed by atoms with van der Waals surface area (Å²) >= 11 is 0. The van der Waals surface area contributed by atoms with Crippen LogP contribution in [0.3, 0.4) is 0 Å². The highest BCUT2D eigenvalue weighted by molar-refractivity contribution is 5.94. The first-order valence-electron chi connectivity index (χ1n) is 10.5. The van der Waals surface area contributed by atoms with Crippen molar-refractivity contribution in [3.8, 4) is 0 Å². The van der Waals surface area contributed by atoms with Gasteiger partial charge in [-0.1, -0.05) is 36.4 Å². The number of imidazole rings is 1. The summed E-state index contributed by atoms with van der Waals surface area (Å²) in [4.78, 5) is 30.0. The first-order valence-corrected chi connectivity index (χ1v) is 10.5. The van der Waals surface area contributed by atoms with Crippen LogP contribution in [0.5, 0.6) is 0 Å². The molecule has 0 aliphatic rings. The fourth-order valence-electron chi connectivity index (χ4n) is 3.64. The van der Waals surface area contributed by atoms with Gasteiger partial charge in [0, 0.05) is 11.3 Å². The summed E-state index contributed by atoms with van der Waals surface area (Å²) in [6, 6.07) is 19.8. The molecule has 0 bridgehead atoms. The zero-order valence-corrected chi connectivity index (χ0v) is 18.1. The largest absolute Gasteiger partial charge is 0.416 e. The number of alkyl halides is 3. The van der Waals surface area contributed by atoms with Gasteiger partial charge in [0.25, 0.3) is 5.91 Å². The number of carbonyl (C=O) groups is 2. The maximum Gasteiger partial charge on any atom is 0.416 e. The summed E-state index contributed by atoms with van der Waals surface area (Å²) in [5.41, 5.74) is 0.967. The molecule has 1 aromatic heterocycles. The lowest BCUT2D eigenvalue weighted by Crippen LogP contribution is -2.30. The minimum Gasteiger partial charge on any atom is -0.342 e. The van der Waals surface area contributed by atoms with Gasteiger partial charge in [0.15, 0.2) is 0 Å². The number of para-hydroxylation sites is 2. The summed E-state index contributed by atoms with van der Waals surface area (Å²) in [6.07, 6.45) is -4.51. The topological polar surface area (TPSA) is 76.0 Å². The highest BCUT2D eigenvalue weighted by Gasteiger charge is 2.30. The van der Waals surface area contributed by atoms with Crippen LogP contribution in [-0.4, -0.2) is 21.4 Å². The lowest BCUT2D eigenvalue weighted by Gasteiger charge is -2.17. The summed E-state index contributed by atoms with van der Waals surface area (Å²) in [7, 11) is 0. The smallest absolute Gasteiger partial charge is 0.342 e. The van der Waals surface area contributed by atoms with E-state index in [1.54, 1.807) is 60.0 Å². The van der Waals surface area contributed by atoms with Crippen LogP contribution in [-0.2, 0) is 17.5 Å². The number of hydrogen-bond donors (Lipinski definition) is 2. The number of fused-ring (bicyclic) bond motifs is 1. The Morgan fingerprint density at radius 2 is 1.68 bits per heavy atom. The number of nitrogens with one attached hydrogen (secondary N) is 2. The first-order chi connectivity index (χ1) is 16.2. The van der Waals surface area contributed by atoms with E-state index in [0.29, 0.717) is 22.4 Å². The minimum absolute atomic E-state index is 0.0382. The maximum absolute atomic E-state index is 13.0. The summed E-state index contributed by atoms with van der Waals surface area (Å²) in [6.45, 7) is 1.56. The lowest BCUT2D eigenvalue weighted by molar-refractivity contribution is -0.137. The summed E-state index contributed by atoms with van der Waals surface area (Å²) in [5, 5.41) is 5.40. The molecular formula is C25H21F3N4O2. The van der Waals surface area contributed by atoms with Gasteiger partial charge in [-0.2, -0.15) is 13.2 Å². The molecule has 3 aromatic carbocycles. The van der Waals surface area contributed by atoms with Crippen molar-refractivity contribution in [3.05, 3.63) is 95.8 Å². The molecule has 0 aliphatic carbocycles. The van der Waals surface area contributed by atoms with Crippen LogP contribution >= 0.6 is 0 Å². The minimum atomic E-state index is -4.51. The Morgan fingerprint density at radius 3 is 2.41 bits per heavy atom. The molecule has 1 unspecified atom stereocenters. The van der Waals surface area contributed by atoms with Crippen molar-refractivity contribution in [3.63, 3.8) is 0 Å². The molecule has 0 aliphatic heterocycles. The van der Waals surface area contributed by atoms with E-state index in [2.05, 4.69) is 15.6 Å². The number of amides is 2. The molecule has 1 atom stereocenters. The third-order valence-corrected chi connectivity index (χ3v) is 5.23. The molecule has 2 N–H and O–H groups in total. The number of carbonyl (C=O) groups excluding carboxylic acids is 2.